The first-order valence-corrected chi connectivity index (χ1v) is 6.94. The van der Waals surface area contributed by atoms with Crippen LogP contribution >= 0.6 is 0 Å². The van der Waals surface area contributed by atoms with Gasteiger partial charge in [0.1, 0.15) is 28.2 Å². The number of methoxy groups -OCH3 is 1. The van der Waals surface area contributed by atoms with E-state index in [4.69, 9.17) is 4.74 Å². The number of aromatic nitrogens is 3. The Morgan fingerprint density at radius 1 is 1.10 bits per heavy atom. The number of phenols is 1. The Morgan fingerprint density at radius 2 is 1.90 bits per heavy atom. The summed E-state index contributed by atoms with van der Waals surface area (Å²) in [5.41, 5.74) is 3.24. The number of hydrogen-bond acceptors (Lipinski definition) is 4. The molecule has 0 bridgehead atoms. The number of phenolic OH excluding ortho intramolecular Hbond substituents is 1. The third kappa shape index (κ3) is 2.54. The van der Waals surface area contributed by atoms with Crippen LogP contribution in [-0.4, -0.2) is 27.2 Å². The smallest absolute Gasteiger partial charge is 0.143 e. The lowest BCUT2D eigenvalue weighted by molar-refractivity contribution is 0.415. The largest absolute Gasteiger partial charge is 0.506 e. The SMILES string of the molecule is CCCc1ccc(O)c(-n2nc3ccc(OC)cc3n2)c1. The first-order valence-electron chi connectivity index (χ1n) is 6.94. The zero-order chi connectivity index (χ0) is 14.8. The maximum atomic E-state index is 10.1. The highest BCUT2D eigenvalue weighted by molar-refractivity contribution is 5.75. The summed E-state index contributed by atoms with van der Waals surface area (Å²) in [6, 6.07) is 11.1. The number of fused-ring (bicyclic) bond motifs is 1. The molecule has 3 aromatic rings. The third-order valence-corrected chi connectivity index (χ3v) is 3.38. The van der Waals surface area contributed by atoms with Crippen molar-refractivity contribution < 1.29 is 9.84 Å². The lowest BCUT2D eigenvalue weighted by atomic mass is 10.1. The highest BCUT2D eigenvalue weighted by Gasteiger charge is 2.10. The minimum Gasteiger partial charge on any atom is -0.506 e. The fourth-order valence-corrected chi connectivity index (χ4v) is 2.30. The van der Waals surface area contributed by atoms with E-state index in [0.29, 0.717) is 5.69 Å². The molecule has 5 nitrogen and oxygen atoms in total. The van der Waals surface area contributed by atoms with Gasteiger partial charge in [-0.2, -0.15) is 0 Å². The summed E-state index contributed by atoms with van der Waals surface area (Å²) in [6.07, 6.45) is 2.01. The van der Waals surface area contributed by atoms with Crippen LogP contribution in [0.1, 0.15) is 18.9 Å². The summed E-state index contributed by atoms with van der Waals surface area (Å²) < 4.78 is 5.19. The van der Waals surface area contributed by atoms with E-state index in [1.54, 1.807) is 13.2 Å². The Hall–Kier alpha value is -2.56. The van der Waals surface area contributed by atoms with Crippen LogP contribution in [0.15, 0.2) is 36.4 Å². The van der Waals surface area contributed by atoms with Gasteiger partial charge in [0.05, 0.1) is 7.11 Å². The van der Waals surface area contributed by atoms with E-state index in [0.717, 1.165) is 35.2 Å². The van der Waals surface area contributed by atoms with Gasteiger partial charge in [-0.25, -0.2) is 0 Å². The summed E-state index contributed by atoms with van der Waals surface area (Å²) in [5.74, 6) is 0.903. The Labute approximate surface area is 122 Å². The van der Waals surface area contributed by atoms with E-state index >= 15 is 0 Å². The molecule has 108 valence electrons. The molecule has 1 N–H and O–H groups in total. The third-order valence-electron chi connectivity index (χ3n) is 3.38. The zero-order valence-electron chi connectivity index (χ0n) is 12.1. The topological polar surface area (TPSA) is 60.2 Å². The number of aryl methyl sites for hydroxylation is 1. The molecule has 0 spiro atoms. The molecule has 0 saturated carbocycles. The molecule has 1 heterocycles. The number of rotatable bonds is 4. The number of nitrogens with zero attached hydrogens (tertiary/aromatic N) is 3. The van der Waals surface area contributed by atoms with Crippen LogP contribution in [-0.2, 0) is 6.42 Å². The molecule has 3 rings (SSSR count). The molecule has 0 atom stereocenters. The highest BCUT2D eigenvalue weighted by atomic mass is 16.5. The van der Waals surface area contributed by atoms with Gasteiger partial charge in [0.2, 0.25) is 0 Å². The van der Waals surface area contributed by atoms with Gasteiger partial charge in [0.15, 0.2) is 0 Å². The number of ether oxygens (including phenoxy) is 1. The van der Waals surface area contributed by atoms with Gasteiger partial charge in [0, 0.05) is 6.07 Å². The van der Waals surface area contributed by atoms with Gasteiger partial charge in [-0.1, -0.05) is 19.4 Å². The van der Waals surface area contributed by atoms with Crippen LogP contribution in [0.25, 0.3) is 16.7 Å². The fraction of sp³-hybridized carbons (Fsp3) is 0.250. The van der Waals surface area contributed by atoms with Gasteiger partial charge in [-0.15, -0.1) is 15.0 Å². The molecule has 0 aliphatic carbocycles. The van der Waals surface area contributed by atoms with E-state index in [1.807, 2.05) is 30.3 Å². The van der Waals surface area contributed by atoms with E-state index in [2.05, 4.69) is 17.1 Å². The Morgan fingerprint density at radius 3 is 2.67 bits per heavy atom. The van der Waals surface area contributed by atoms with Crippen molar-refractivity contribution in [2.45, 2.75) is 19.8 Å². The van der Waals surface area contributed by atoms with Crippen LogP contribution < -0.4 is 4.74 Å². The van der Waals surface area contributed by atoms with Crippen molar-refractivity contribution in [2.24, 2.45) is 0 Å². The van der Waals surface area contributed by atoms with Crippen LogP contribution in [0.3, 0.4) is 0 Å². The van der Waals surface area contributed by atoms with Gasteiger partial charge in [-0.05, 0) is 36.2 Å². The molecular weight excluding hydrogens is 266 g/mol. The molecule has 5 heteroatoms. The quantitative estimate of drug-likeness (QED) is 0.799. The van der Waals surface area contributed by atoms with Crippen molar-refractivity contribution >= 4 is 11.0 Å². The molecule has 0 amide bonds. The van der Waals surface area contributed by atoms with E-state index < -0.39 is 0 Å². The summed E-state index contributed by atoms with van der Waals surface area (Å²) in [5, 5.41) is 18.9. The Bertz CT molecular complexity index is 780. The van der Waals surface area contributed by atoms with Crippen molar-refractivity contribution in [2.75, 3.05) is 7.11 Å². The Balaban J connectivity index is 2.09. The summed E-state index contributed by atoms with van der Waals surface area (Å²) in [4.78, 5) is 1.47. The molecule has 0 radical (unpaired) electrons. The van der Waals surface area contributed by atoms with Crippen LogP contribution in [0.2, 0.25) is 0 Å². The maximum absolute atomic E-state index is 10.1. The molecule has 1 aromatic heterocycles. The van der Waals surface area contributed by atoms with Crippen molar-refractivity contribution in [3.8, 4) is 17.2 Å². The Kier molecular flexibility index (Phi) is 3.48. The maximum Gasteiger partial charge on any atom is 0.143 e. The fourth-order valence-electron chi connectivity index (χ4n) is 2.30. The standard InChI is InChI=1S/C16H17N3O2/c1-3-4-11-5-8-16(20)15(9-11)19-17-13-7-6-12(21-2)10-14(13)18-19/h5-10,20H,3-4H2,1-2H3. The molecule has 0 unspecified atom stereocenters. The second-order valence-corrected chi connectivity index (χ2v) is 4.92. The van der Waals surface area contributed by atoms with Gasteiger partial charge >= 0.3 is 0 Å². The predicted molar refractivity (Wildman–Crippen MR) is 81.1 cm³/mol. The lowest BCUT2D eigenvalue weighted by Crippen LogP contribution is -2.00. The monoisotopic (exact) mass is 283 g/mol. The molecule has 0 aliphatic heterocycles. The van der Waals surface area contributed by atoms with Gasteiger partial charge < -0.3 is 9.84 Å². The molecule has 21 heavy (non-hydrogen) atoms. The minimum absolute atomic E-state index is 0.169. The zero-order valence-corrected chi connectivity index (χ0v) is 12.1. The van der Waals surface area contributed by atoms with Crippen molar-refractivity contribution in [1.82, 2.24) is 15.0 Å². The molecule has 0 saturated heterocycles. The second-order valence-electron chi connectivity index (χ2n) is 4.92. The van der Waals surface area contributed by atoms with Crippen molar-refractivity contribution in [3.05, 3.63) is 42.0 Å². The second kappa shape index (κ2) is 5.44. The average Bonchev–Trinajstić information content (AvgIpc) is 2.92. The normalized spacial score (nSPS) is 11.0. The van der Waals surface area contributed by atoms with Gasteiger partial charge in [-0.3, -0.25) is 0 Å². The summed E-state index contributed by atoms with van der Waals surface area (Å²) >= 11 is 0. The van der Waals surface area contributed by atoms with E-state index in [9.17, 15) is 5.11 Å². The first-order chi connectivity index (χ1) is 10.2. The van der Waals surface area contributed by atoms with Crippen molar-refractivity contribution in [1.29, 1.82) is 0 Å². The lowest BCUT2D eigenvalue weighted by Gasteiger charge is -2.05. The predicted octanol–water partition coefficient (Wildman–Crippen LogP) is 3.09. The van der Waals surface area contributed by atoms with E-state index in [1.165, 1.54) is 4.80 Å². The summed E-state index contributed by atoms with van der Waals surface area (Å²) in [7, 11) is 1.62. The number of hydrogen-bond donors (Lipinski definition) is 1. The summed E-state index contributed by atoms with van der Waals surface area (Å²) in [6.45, 7) is 2.12. The molecule has 2 aromatic carbocycles. The molecular formula is C16H17N3O2. The highest BCUT2D eigenvalue weighted by Crippen LogP contribution is 2.24. The van der Waals surface area contributed by atoms with Crippen LogP contribution in [0.4, 0.5) is 0 Å². The molecule has 0 aliphatic rings. The van der Waals surface area contributed by atoms with Gasteiger partial charge in [0.25, 0.3) is 0 Å². The van der Waals surface area contributed by atoms with E-state index in [-0.39, 0.29) is 5.75 Å². The number of aromatic hydroxyl groups is 1. The first kappa shape index (κ1) is 13.4. The molecule has 0 fully saturated rings. The van der Waals surface area contributed by atoms with Crippen molar-refractivity contribution in [3.63, 3.8) is 0 Å². The number of benzene rings is 2. The van der Waals surface area contributed by atoms with Crippen LogP contribution in [0.5, 0.6) is 11.5 Å². The minimum atomic E-state index is 0.169. The average molecular weight is 283 g/mol. The van der Waals surface area contributed by atoms with Crippen LogP contribution in [0, 0.1) is 0 Å².